The van der Waals surface area contributed by atoms with Crippen molar-refractivity contribution in [1.29, 1.82) is 0 Å². The zero-order valence-electron chi connectivity index (χ0n) is 7.83. The maximum Gasteiger partial charge on any atom is 0.442 e. The van der Waals surface area contributed by atoms with E-state index in [1.54, 1.807) is 24.3 Å². The number of hydrogen-bond donors (Lipinski definition) is 1. The van der Waals surface area contributed by atoms with Gasteiger partial charge in [0.2, 0.25) is 0 Å². The fraction of sp³-hybridized carbons (Fsp3) is 0. The van der Waals surface area contributed by atoms with Crippen LogP contribution >= 0.6 is 0 Å². The molecular weight excluding hydrogens is 194 g/mol. The molecule has 0 aliphatic heterocycles. The van der Waals surface area contributed by atoms with Gasteiger partial charge in [0.15, 0.2) is 0 Å². The van der Waals surface area contributed by atoms with Gasteiger partial charge in [-0.1, -0.05) is 18.2 Å². The molecule has 5 nitrogen and oxygen atoms in total. The number of anilines is 1. The van der Waals surface area contributed by atoms with Crippen molar-refractivity contribution in [2.24, 2.45) is 0 Å². The zero-order valence-corrected chi connectivity index (χ0v) is 7.83. The van der Waals surface area contributed by atoms with Gasteiger partial charge in [-0.05, 0) is 12.1 Å². The molecule has 1 aromatic heterocycles. The number of hydrogen-bond acceptors (Lipinski definition) is 4. The van der Waals surface area contributed by atoms with Gasteiger partial charge in [-0.15, -0.1) is 4.68 Å². The summed E-state index contributed by atoms with van der Waals surface area (Å²) >= 11 is 0. The molecule has 0 spiro atoms. The normalized spacial score (nSPS) is 9.87. The minimum Gasteiger partial charge on any atom is -0.409 e. The Balaban J connectivity index is 2.15. The number of nitrogens with zero attached hydrogens (tertiary/aromatic N) is 2. The number of benzene rings is 1. The SMILES string of the molecule is Nc1ccnn1C(=O)Oc1ccccc1. The molecular formula is C10H9N3O2. The minimum absolute atomic E-state index is 0.246. The van der Waals surface area contributed by atoms with Crippen molar-refractivity contribution >= 4 is 11.9 Å². The molecule has 15 heavy (non-hydrogen) atoms. The third-order valence-corrected chi connectivity index (χ3v) is 1.79. The van der Waals surface area contributed by atoms with E-state index in [0.717, 1.165) is 4.68 Å². The van der Waals surface area contributed by atoms with E-state index in [2.05, 4.69) is 5.10 Å². The Morgan fingerprint density at radius 1 is 1.27 bits per heavy atom. The van der Waals surface area contributed by atoms with E-state index in [1.165, 1.54) is 12.3 Å². The maximum atomic E-state index is 11.5. The van der Waals surface area contributed by atoms with E-state index in [-0.39, 0.29) is 5.82 Å². The van der Waals surface area contributed by atoms with Crippen LogP contribution in [0.5, 0.6) is 5.75 Å². The molecule has 0 saturated heterocycles. The van der Waals surface area contributed by atoms with E-state index in [9.17, 15) is 4.79 Å². The van der Waals surface area contributed by atoms with Crippen molar-refractivity contribution in [3.8, 4) is 5.75 Å². The van der Waals surface area contributed by atoms with Gasteiger partial charge in [0.05, 0.1) is 6.20 Å². The lowest BCUT2D eigenvalue weighted by molar-refractivity contribution is 0.199. The molecule has 0 radical (unpaired) electrons. The summed E-state index contributed by atoms with van der Waals surface area (Å²) in [7, 11) is 0. The van der Waals surface area contributed by atoms with Gasteiger partial charge < -0.3 is 10.5 Å². The van der Waals surface area contributed by atoms with Crippen LogP contribution in [0.4, 0.5) is 10.6 Å². The number of rotatable bonds is 1. The molecule has 0 unspecified atom stereocenters. The predicted molar refractivity (Wildman–Crippen MR) is 54.5 cm³/mol. The highest BCUT2D eigenvalue weighted by Gasteiger charge is 2.10. The molecule has 1 aromatic carbocycles. The summed E-state index contributed by atoms with van der Waals surface area (Å²) in [6.07, 6.45) is 0.811. The first-order valence-corrected chi connectivity index (χ1v) is 4.34. The van der Waals surface area contributed by atoms with E-state index in [1.807, 2.05) is 6.07 Å². The maximum absolute atomic E-state index is 11.5. The number of nitrogens with two attached hydrogens (primary N) is 1. The van der Waals surface area contributed by atoms with E-state index in [0.29, 0.717) is 5.75 Å². The molecule has 2 N–H and O–H groups in total. The van der Waals surface area contributed by atoms with Gasteiger partial charge >= 0.3 is 6.09 Å². The summed E-state index contributed by atoms with van der Waals surface area (Å²) in [6, 6.07) is 10.3. The van der Waals surface area contributed by atoms with Crippen LogP contribution in [0.1, 0.15) is 0 Å². The number of para-hydroxylation sites is 1. The quantitative estimate of drug-likeness (QED) is 0.762. The van der Waals surface area contributed by atoms with Crippen LogP contribution in [0, 0.1) is 0 Å². The Bertz CT molecular complexity index is 465. The second-order valence-corrected chi connectivity index (χ2v) is 2.85. The summed E-state index contributed by atoms with van der Waals surface area (Å²) < 4.78 is 6.01. The van der Waals surface area contributed by atoms with Gasteiger partial charge in [0, 0.05) is 6.07 Å². The highest BCUT2D eigenvalue weighted by molar-refractivity contribution is 5.75. The fourth-order valence-electron chi connectivity index (χ4n) is 1.10. The number of ether oxygens (including phenoxy) is 1. The Morgan fingerprint density at radius 3 is 2.60 bits per heavy atom. The summed E-state index contributed by atoms with van der Waals surface area (Å²) in [6.45, 7) is 0. The van der Waals surface area contributed by atoms with Crippen molar-refractivity contribution in [2.45, 2.75) is 0 Å². The zero-order chi connectivity index (χ0) is 10.7. The lowest BCUT2D eigenvalue weighted by Crippen LogP contribution is -2.19. The fourth-order valence-corrected chi connectivity index (χ4v) is 1.10. The first-order chi connectivity index (χ1) is 7.27. The van der Waals surface area contributed by atoms with Crippen LogP contribution in [0.15, 0.2) is 42.6 Å². The highest BCUT2D eigenvalue weighted by Crippen LogP contribution is 2.10. The molecule has 5 heteroatoms. The summed E-state index contributed by atoms with van der Waals surface area (Å²) in [5.74, 6) is 0.702. The molecule has 0 fully saturated rings. The third kappa shape index (κ3) is 1.96. The van der Waals surface area contributed by atoms with Gasteiger partial charge in [0.25, 0.3) is 0 Å². The first kappa shape index (κ1) is 9.26. The predicted octanol–water partition coefficient (Wildman–Crippen LogP) is 1.51. The molecule has 2 rings (SSSR count). The monoisotopic (exact) mass is 203 g/mol. The first-order valence-electron chi connectivity index (χ1n) is 4.34. The molecule has 0 aliphatic rings. The molecule has 0 aliphatic carbocycles. The van der Waals surface area contributed by atoms with Crippen LogP contribution in [0.3, 0.4) is 0 Å². The van der Waals surface area contributed by atoms with E-state index < -0.39 is 6.09 Å². The second-order valence-electron chi connectivity index (χ2n) is 2.85. The second kappa shape index (κ2) is 3.83. The summed E-state index contributed by atoms with van der Waals surface area (Å²) in [5, 5.41) is 3.73. The third-order valence-electron chi connectivity index (χ3n) is 1.79. The average Bonchev–Trinajstić information content (AvgIpc) is 2.66. The minimum atomic E-state index is -0.622. The van der Waals surface area contributed by atoms with Gasteiger partial charge in [-0.3, -0.25) is 0 Å². The summed E-state index contributed by atoms with van der Waals surface area (Å²) in [5.41, 5.74) is 5.49. The Morgan fingerprint density at radius 2 is 2.00 bits per heavy atom. The topological polar surface area (TPSA) is 70.1 Å². The van der Waals surface area contributed by atoms with Gasteiger partial charge in [-0.2, -0.15) is 5.10 Å². The number of carbonyl (C=O) groups is 1. The average molecular weight is 203 g/mol. The Hall–Kier alpha value is -2.30. The van der Waals surface area contributed by atoms with Crippen LogP contribution in [-0.2, 0) is 0 Å². The van der Waals surface area contributed by atoms with Crippen molar-refractivity contribution in [1.82, 2.24) is 9.78 Å². The molecule has 1 heterocycles. The number of carbonyl (C=O) groups excluding carboxylic acids is 1. The van der Waals surface area contributed by atoms with Crippen molar-refractivity contribution in [3.05, 3.63) is 42.6 Å². The standard InChI is InChI=1S/C10H9N3O2/c11-9-6-7-12-13(9)10(14)15-8-4-2-1-3-5-8/h1-7H,11H2. The van der Waals surface area contributed by atoms with E-state index >= 15 is 0 Å². The Labute approximate surface area is 86.1 Å². The molecule has 76 valence electrons. The van der Waals surface area contributed by atoms with Crippen LogP contribution in [0.2, 0.25) is 0 Å². The van der Waals surface area contributed by atoms with Gasteiger partial charge in [-0.25, -0.2) is 4.79 Å². The molecule has 2 aromatic rings. The van der Waals surface area contributed by atoms with Crippen LogP contribution in [0.25, 0.3) is 0 Å². The lowest BCUT2D eigenvalue weighted by Gasteiger charge is -2.04. The number of nitrogen functional groups attached to an aromatic ring is 1. The lowest BCUT2D eigenvalue weighted by atomic mass is 10.3. The highest BCUT2D eigenvalue weighted by atomic mass is 16.6. The number of aromatic nitrogens is 2. The van der Waals surface area contributed by atoms with Gasteiger partial charge in [0.1, 0.15) is 11.6 Å². The van der Waals surface area contributed by atoms with Crippen molar-refractivity contribution in [3.63, 3.8) is 0 Å². The molecule has 0 bridgehead atoms. The van der Waals surface area contributed by atoms with E-state index in [4.69, 9.17) is 10.5 Å². The smallest absolute Gasteiger partial charge is 0.409 e. The largest absolute Gasteiger partial charge is 0.442 e. The Kier molecular flexibility index (Phi) is 2.37. The molecule has 0 saturated carbocycles. The van der Waals surface area contributed by atoms with Crippen LogP contribution in [-0.4, -0.2) is 15.9 Å². The summed E-state index contributed by atoms with van der Waals surface area (Å²) in [4.78, 5) is 11.5. The molecule has 0 amide bonds. The van der Waals surface area contributed by atoms with Crippen molar-refractivity contribution in [2.75, 3.05) is 5.73 Å². The van der Waals surface area contributed by atoms with Crippen molar-refractivity contribution < 1.29 is 9.53 Å². The van der Waals surface area contributed by atoms with Crippen LogP contribution < -0.4 is 10.5 Å². The molecule has 0 atom stereocenters.